The summed E-state index contributed by atoms with van der Waals surface area (Å²) >= 11 is 0. The van der Waals surface area contributed by atoms with Crippen LogP contribution in [0.4, 0.5) is 4.39 Å². The minimum absolute atomic E-state index is 0. The van der Waals surface area contributed by atoms with Crippen LogP contribution in [0.3, 0.4) is 0 Å². The van der Waals surface area contributed by atoms with E-state index in [1.807, 2.05) is 6.07 Å². The molecule has 0 radical (unpaired) electrons. The van der Waals surface area contributed by atoms with E-state index in [2.05, 4.69) is 27.4 Å². The van der Waals surface area contributed by atoms with Gasteiger partial charge in [0, 0.05) is 25.7 Å². The summed E-state index contributed by atoms with van der Waals surface area (Å²) in [5.41, 5.74) is 0.918. The predicted octanol–water partition coefficient (Wildman–Crippen LogP) is 3.10. The summed E-state index contributed by atoms with van der Waals surface area (Å²) in [6, 6.07) is 6.39. The monoisotopic (exact) mass is 473 g/mol. The molecule has 0 saturated carbocycles. The maximum Gasteiger partial charge on any atom is 0.191 e. The van der Waals surface area contributed by atoms with Crippen molar-refractivity contribution in [3.05, 3.63) is 35.1 Å². The number of nitrogens with one attached hydrogen (secondary N) is 2. The second kappa shape index (κ2) is 12.1. The molecule has 1 aromatic rings. The summed E-state index contributed by atoms with van der Waals surface area (Å²) in [6.07, 6.45) is 3.64. The molecule has 0 aliphatic carbocycles. The molecule has 1 fully saturated rings. The van der Waals surface area contributed by atoms with Crippen LogP contribution < -0.4 is 10.6 Å². The van der Waals surface area contributed by atoms with Gasteiger partial charge in [-0.25, -0.2) is 4.39 Å². The molecule has 2 rings (SSSR count). The molecule has 26 heavy (non-hydrogen) atoms. The number of nitriles is 1. The number of piperidine rings is 1. The van der Waals surface area contributed by atoms with Crippen LogP contribution in [-0.2, 0) is 6.54 Å². The lowest BCUT2D eigenvalue weighted by molar-refractivity contribution is 0.191. The Kier molecular flexibility index (Phi) is 10.5. The number of hydrogen-bond acceptors (Lipinski definition) is 3. The molecule has 0 amide bonds. The molecule has 1 aliphatic heterocycles. The second-order valence-corrected chi connectivity index (χ2v) is 6.65. The Morgan fingerprint density at radius 2 is 2.08 bits per heavy atom. The van der Waals surface area contributed by atoms with Crippen LogP contribution in [0.15, 0.2) is 23.2 Å². The molecule has 0 spiro atoms. The highest BCUT2D eigenvalue weighted by Crippen LogP contribution is 2.15. The van der Waals surface area contributed by atoms with E-state index >= 15 is 0 Å². The van der Waals surface area contributed by atoms with Crippen molar-refractivity contribution in [2.24, 2.45) is 10.9 Å². The van der Waals surface area contributed by atoms with Gasteiger partial charge in [-0.15, -0.1) is 24.0 Å². The van der Waals surface area contributed by atoms with Crippen molar-refractivity contribution in [1.82, 2.24) is 15.5 Å². The fourth-order valence-electron chi connectivity index (χ4n) is 2.97. The van der Waals surface area contributed by atoms with Gasteiger partial charge in [0.15, 0.2) is 5.96 Å². The van der Waals surface area contributed by atoms with Crippen molar-refractivity contribution in [2.75, 3.05) is 33.2 Å². The Bertz CT molecular complexity index is 621. The van der Waals surface area contributed by atoms with E-state index in [1.54, 1.807) is 13.1 Å². The Balaban J connectivity index is 0.00000338. The van der Waals surface area contributed by atoms with Crippen LogP contribution >= 0.6 is 24.0 Å². The molecular formula is C19H29FIN5. The minimum Gasteiger partial charge on any atom is -0.356 e. The second-order valence-electron chi connectivity index (χ2n) is 6.65. The van der Waals surface area contributed by atoms with Gasteiger partial charge in [0.25, 0.3) is 0 Å². The van der Waals surface area contributed by atoms with Crippen molar-refractivity contribution < 1.29 is 4.39 Å². The standard InChI is InChI=1S/C19H28FN5.HI/c1-15-6-10-25(11-7-15)9-3-8-23-19(22-2)24-14-17-12-16(13-21)4-5-18(17)20;/h4-5,12,15H,3,6-11,14H2,1-2H3,(H2,22,23,24);1H. The van der Waals surface area contributed by atoms with E-state index in [0.717, 1.165) is 25.4 Å². The maximum absolute atomic E-state index is 13.8. The minimum atomic E-state index is -0.318. The van der Waals surface area contributed by atoms with Gasteiger partial charge in [0.1, 0.15) is 5.82 Å². The average molecular weight is 473 g/mol. The molecule has 1 saturated heterocycles. The van der Waals surface area contributed by atoms with Gasteiger partial charge in [0.2, 0.25) is 0 Å². The highest BCUT2D eigenvalue weighted by atomic mass is 127. The van der Waals surface area contributed by atoms with Crippen LogP contribution in [0.1, 0.15) is 37.3 Å². The number of halogens is 2. The normalized spacial score (nSPS) is 15.8. The number of nitrogens with zero attached hydrogens (tertiary/aromatic N) is 3. The maximum atomic E-state index is 13.8. The summed E-state index contributed by atoms with van der Waals surface area (Å²) in [6.45, 7) is 6.93. The van der Waals surface area contributed by atoms with Gasteiger partial charge in [-0.3, -0.25) is 4.99 Å². The molecular weight excluding hydrogens is 444 g/mol. The molecule has 0 unspecified atom stereocenters. The Morgan fingerprint density at radius 3 is 2.73 bits per heavy atom. The lowest BCUT2D eigenvalue weighted by Gasteiger charge is -2.30. The van der Waals surface area contributed by atoms with E-state index in [-0.39, 0.29) is 29.8 Å². The van der Waals surface area contributed by atoms with E-state index in [0.29, 0.717) is 23.6 Å². The molecule has 0 aromatic heterocycles. The zero-order valence-electron chi connectivity index (χ0n) is 15.6. The third-order valence-corrected chi connectivity index (χ3v) is 4.66. The Hall–Kier alpha value is -1.40. The fourth-order valence-corrected chi connectivity index (χ4v) is 2.97. The van der Waals surface area contributed by atoms with E-state index in [9.17, 15) is 4.39 Å². The SMILES string of the molecule is CN=C(NCCCN1CCC(C)CC1)NCc1cc(C#N)ccc1F.I. The zero-order chi connectivity index (χ0) is 18.1. The molecule has 7 heteroatoms. The number of hydrogen-bond donors (Lipinski definition) is 2. The first-order valence-electron chi connectivity index (χ1n) is 8.97. The van der Waals surface area contributed by atoms with Gasteiger partial charge in [-0.1, -0.05) is 6.92 Å². The Morgan fingerprint density at radius 1 is 1.35 bits per heavy atom. The lowest BCUT2D eigenvalue weighted by atomic mass is 9.99. The summed E-state index contributed by atoms with van der Waals surface area (Å²) in [5, 5.41) is 15.3. The van der Waals surface area contributed by atoms with Crippen molar-refractivity contribution in [3.8, 4) is 6.07 Å². The third-order valence-electron chi connectivity index (χ3n) is 4.66. The number of benzene rings is 1. The Labute approximate surface area is 173 Å². The van der Waals surface area contributed by atoms with E-state index in [4.69, 9.17) is 5.26 Å². The van der Waals surface area contributed by atoms with Crippen molar-refractivity contribution in [2.45, 2.75) is 32.7 Å². The first kappa shape index (κ1) is 22.6. The smallest absolute Gasteiger partial charge is 0.191 e. The molecule has 144 valence electrons. The summed E-state index contributed by atoms with van der Waals surface area (Å²) in [5.74, 6) is 1.19. The highest BCUT2D eigenvalue weighted by molar-refractivity contribution is 14.0. The van der Waals surface area contributed by atoms with Crippen molar-refractivity contribution in [3.63, 3.8) is 0 Å². The van der Waals surface area contributed by atoms with Gasteiger partial charge < -0.3 is 15.5 Å². The molecule has 1 aromatic carbocycles. The van der Waals surface area contributed by atoms with Gasteiger partial charge in [-0.05, 0) is 63.0 Å². The largest absolute Gasteiger partial charge is 0.356 e. The average Bonchev–Trinajstić information content (AvgIpc) is 2.64. The predicted molar refractivity (Wildman–Crippen MR) is 114 cm³/mol. The van der Waals surface area contributed by atoms with Crippen LogP contribution in [0.25, 0.3) is 0 Å². The van der Waals surface area contributed by atoms with Gasteiger partial charge >= 0.3 is 0 Å². The third kappa shape index (κ3) is 7.46. The molecule has 5 nitrogen and oxygen atoms in total. The zero-order valence-corrected chi connectivity index (χ0v) is 17.9. The van der Waals surface area contributed by atoms with Crippen LogP contribution in [0.5, 0.6) is 0 Å². The quantitative estimate of drug-likeness (QED) is 0.289. The number of rotatable bonds is 6. The summed E-state index contributed by atoms with van der Waals surface area (Å²) in [7, 11) is 1.70. The molecule has 1 aliphatic rings. The number of guanidine groups is 1. The molecule has 2 N–H and O–H groups in total. The molecule has 0 atom stereocenters. The highest BCUT2D eigenvalue weighted by Gasteiger charge is 2.14. The number of likely N-dealkylation sites (tertiary alicyclic amines) is 1. The molecule has 0 bridgehead atoms. The van der Waals surface area contributed by atoms with E-state index in [1.165, 1.54) is 38.1 Å². The van der Waals surface area contributed by atoms with Crippen molar-refractivity contribution in [1.29, 1.82) is 5.26 Å². The lowest BCUT2D eigenvalue weighted by Crippen LogP contribution is -2.39. The topological polar surface area (TPSA) is 63.5 Å². The van der Waals surface area contributed by atoms with E-state index < -0.39 is 0 Å². The first-order valence-corrected chi connectivity index (χ1v) is 8.97. The first-order chi connectivity index (χ1) is 12.1. The van der Waals surface area contributed by atoms with Gasteiger partial charge in [0.05, 0.1) is 11.6 Å². The van der Waals surface area contributed by atoms with Crippen LogP contribution in [0, 0.1) is 23.1 Å². The van der Waals surface area contributed by atoms with Crippen molar-refractivity contribution >= 4 is 29.9 Å². The summed E-state index contributed by atoms with van der Waals surface area (Å²) in [4.78, 5) is 6.68. The number of aliphatic imine (C=N–C) groups is 1. The van der Waals surface area contributed by atoms with Crippen LogP contribution in [0.2, 0.25) is 0 Å². The van der Waals surface area contributed by atoms with Crippen LogP contribution in [-0.4, -0.2) is 44.1 Å². The summed E-state index contributed by atoms with van der Waals surface area (Å²) < 4.78 is 13.8. The fraction of sp³-hybridized carbons (Fsp3) is 0.579. The molecule has 1 heterocycles. The van der Waals surface area contributed by atoms with Gasteiger partial charge in [-0.2, -0.15) is 5.26 Å².